The van der Waals surface area contributed by atoms with E-state index in [1.54, 1.807) is 6.92 Å². The molecule has 2 aromatic carbocycles. The molecule has 1 aliphatic carbocycles. The Hall–Kier alpha value is -2.62. The molecular weight excluding hydrogens is 314 g/mol. The molecule has 0 bridgehead atoms. The Morgan fingerprint density at radius 3 is 2.68 bits per heavy atom. The molecule has 130 valence electrons. The predicted octanol–water partition coefficient (Wildman–Crippen LogP) is 3.60. The fraction of sp³-hybridized carbons (Fsp3) is 0.333. The van der Waals surface area contributed by atoms with Crippen molar-refractivity contribution in [2.45, 2.75) is 45.6 Å². The van der Waals surface area contributed by atoms with Gasteiger partial charge in [0.05, 0.1) is 6.42 Å². The zero-order chi connectivity index (χ0) is 17.8. The van der Waals surface area contributed by atoms with Crippen LogP contribution in [0.1, 0.15) is 35.6 Å². The molecule has 0 saturated heterocycles. The normalized spacial score (nSPS) is 13.8. The van der Waals surface area contributed by atoms with Gasteiger partial charge in [-0.25, -0.2) is 0 Å². The summed E-state index contributed by atoms with van der Waals surface area (Å²) in [7, 11) is 0. The van der Waals surface area contributed by atoms with Gasteiger partial charge >= 0.3 is 5.97 Å². The Bertz CT molecular complexity index is 797. The van der Waals surface area contributed by atoms with Crippen molar-refractivity contribution in [2.24, 2.45) is 0 Å². The number of fused-ring (bicyclic) bond motifs is 1. The molecule has 2 aromatic rings. The summed E-state index contributed by atoms with van der Waals surface area (Å²) in [5.74, 6) is -0.706. The number of esters is 1. The lowest BCUT2D eigenvalue weighted by Crippen LogP contribution is -2.30. The molecule has 0 heterocycles. The maximum Gasteiger partial charge on any atom is 0.311 e. The minimum atomic E-state index is -0.829. The largest absolute Gasteiger partial charge is 0.452 e. The standard InChI is InChI=1S/C21H23NO3/c1-14-6-3-4-7-17(14)13-20(23)25-15(2)21(24)22-19-11-10-16-8-5-9-18(16)12-19/h3-4,6-7,10-12,15H,5,8-9,13H2,1-2H3,(H,22,24)/t15-/m1/s1. The Kier molecular flexibility index (Phi) is 5.17. The van der Waals surface area contributed by atoms with Gasteiger partial charge in [-0.3, -0.25) is 9.59 Å². The van der Waals surface area contributed by atoms with Crippen LogP contribution in [0.15, 0.2) is 42.5 Å². The fourth-order valence-electron chi connectivity index (χ4n) is 3.15. The van der Waals surface area contributed by atoms with Crippen LogP contribution in [-0.4, -0.2) is 18.0 Å². The second-order valence-electron chi connectivity index (χ2n) is 6.56. The van der Waals surface area contributed by atoms with Gasteiger partial charge in [-0.2, -0.15) is 0 Å². The number of hydrogen-bond donors (Lipinski definition) is 1. The number of nitrogens with one attached hydrogen (secondary N) is 1. The third-order valence-corrected chi connectivity index (χ3v) is 4.64. The van der Waals surface area contributed by atoms with E-state index in [4.69, 9.17) is 4.74 Å². The van der Waals surface area contributed by atoms with Crippen molar-refractivity contribution >= 4 is 17.6 Å². The number of anilines is 1. The van der Waals surface area contributed by atoms with Crippen LogP contribution in [0.2, 0.25) is 0 Å². The van der Waals surface area contributed by atoms with Gasteiger partial charge < -0.3 is 10.1 Å². The van der Waals surface area contributed by atoms with Gasteiger partial charge in [0.15, 0.2) is 6.10 Å². The summed E-state index contributed by atoms with van der Waals surface area (Å²) >= 11 is 0. The predicted molar refractivity (Wildman–Crippen MR) is 97.5 cm³/mol. The van der Waals surface area contributed by atoms with E-state index in [2.05, 4.69) is 11.4 Å². The van der Waals surface area contributed by atoms with E-state index in [-0.39, 0.29) is 12.3 Å². The van der Waals surface area contributed by atoms with Crippen LogP contribution in [-0.2, 0) is 33.6 Å². The van der Waals surface area contributed by atoms with Crippen molar-refractivity contribution in [1.29, 1.82) is 0 Å². The highest BCUT2D eigenvalue weighted by Crippen LogP contribution is 2.25. The van der Waals surface area contributed by atoms with E-state index in [0.29, 0.717) is 0 Å². The SMILES string of the molecule is Cc1ccccc1CC(=O)O[C@H](C)C(=O)Nc1ccc2c(c1)CCC2. The quantitative estimate of drug-likeness (QED) is 0.848. The van der Waals surface area contributed by atoms with Gasteiger partial charge in [0.25, 0.3) is 5.91 Å². The summed E-state index contributed by atoms with van der Waals surface area (Å²) in [6.07, 6.45) is 2.67. The van der Waals surface area contributed by atoms with Crippen molar-refractivity contribution in [3.8, 4) is 0 Å². The second-order valence-corrected chi connectivity index (χ2v) is 6.56. The molecule has 0 saturated carbocycles. The molecule has 25 heavy (non-hydrogen) atoms. The molecule has 0 aromatic heterocycles. The summed E-state index contributed by atoms with van der Waals surface area (Å²) in [5.41, 5.74) is 5.36. The number of hydrogen-bond acceptors (Lipinski definition) is 3. The van der Waals surface area contributed by atoms with Gasteiger partial charge in [-0.05, 0) is 67.5 Å². The first-order chi connectivity index (χ1) is 12.0. The summed E-state index contributed by atoms with van der Waals surface area (Å²) in [4.78, 5) is 24.4. The highest BCUT2D eigenvalue weighted by Gasteiger charge is 2.19. The topological polar surface area (TPSA) is 55.4 Å². The number of aryl methyl sites for hydroxylation is 3. The van der Waals surface area contributed by atoms with E-state index in [9.17, 15) is 9.59 Å². The van der Waals surface area contributed by atoms with Crippen LogP contribution < -0.4 is 5.32 Å². The lowest BCUT2D eigenvalue weighted by Gasteiger charge is -2.14. The Morgan fingerprint density at radius 2 is 1.88 bits per heavy atom. The molecule has 0 unspecified atom stereocenters. The summed E-state index contributed by atoms with van der Waals surface area (Å²) < 4.78 is 5.28. The molecule has 4 heteroatoms. The zero-order valence-corrected chi connectivity index (χ0v) is 14.7. The van der Waals surface area contributed by atoms with Crippen LogP contribution in [0.3, 0.4) is 0 Å². The van der Waals surface area contributed by atoms with E-state index in [1.165, 1.54) is 17.5 Å². The monoisotopic (exact) mass is 337 g/mol. The van der Waals surface area contributed by atoms with Crippen molar-refractivity contribution in [3.05, 3.63) is 64.7 Å². The molecule has 1 N–H and O–H groups in total. The maximum atomic E-state index is 12.3. The summed E-state index contributed by atoms with van der Waals surface area (Å²) in [6.45, 7) is 3.55. The maximum absolute atomic E-state index is 12.3. The highest BCUT2D eigenvalue weighted by molar-refractivity contribution is 5.95. The van der Waals surface area contributed by atoms with Crippen LogP contribution in [0.25, 0.3) is 0 Å². The van der Waals surface area contributed by atoms with E-state index < -0.39 is 12.1 Å². The van der Waals surface area contributed by atoms with Crippen molar-refractivity contribution in [3.63, 3.8) is 0 Å². The van der Waals surface area contributed by atoms with Crippen LogP contribution in [0.5, 0.6) is 0 Å². The van der Waals surface area contributed by atoms with Crippen molar-refractivity contribution < 1.29 is 14.3 Å². The minimum absolute atomic E-state index is 0.170. The van der Waals surface area contributed by atoms with E-state index >= 15 is 0 Å². The summed E-state index contributed by atoms with van der Waals surface area (Å²) in [5, 5.41) is 2.84. The van der Waals surface area contributed by atoms with Crippen LogP contribution in [0.4, 0.5) is 5.69 Å². The fourth-order valence-corrected chi connectivity index (χ4v) is 3.15. The number of ether oxygens (including phenoxy) is 1. The Balaban J connectivity index is 1.55. The van der Waals surface area contributed by atoms with E-state index in [1.807, 2.05) is 43.3 Å². The molecule has 4 nitrogen and oxygen atoms in total. The molecule has 0 aliphatic heterocycles. The number of carbonyl (C=O) groups excluding carboxylic acids is 2. The molecule has 0 radical (unpaired) electrons. The molecule has 1 aliphatic rings. The average molecular weight is 337 g/mol. The van der Waals surface area contributed by atoms with Crippen LogP contribution >= 0.6 is 0 Å². The summed E-state index contributed by atoms with van der Waals surface area (Å²) in [6, 6.07) is 13.6. The van der Waals surface area contributed by atoms with E-state index in [0.717, 1.165) is 29.7 Å². The molecule has 1 atom stereocenters. The lowest BCUT2D eigenvalue weighted by atomic mass is 10.1. The second kappa shape index (κ2) is 7.51. The van der Waals surface area contributed by atoms with Crippen LogP contribution in [0, 0.1) is 6.92 Å². The first-order valence-electron chi connectivity index (χ1n) is 8.69. The minimum Gasteiger partial charge on any atom is -0.452 e. The number of amides is 1. The molecule has 3 rings (SSSR count). The van der Waals surface area contributed by atoms with Gasteiger partial charge in [0.2, 0.25) is 0 Å². The third-order valence-electron chi connectivity index (χ3n) is 4.64. The Labute approximate surface area is 148 Å². The van der Waals surface area contributed by atoms with Gasteiger partial charge in [-0.1, -0.05) is 30.3 Å². The molecule has 0 spiro atoms. The number of benzene rings is 2. The van der Waals surface area contributed by atoms with Gasteiger partial charge in [0.1, 0.15) is 0 Å². The molecule has 0 fully saturated rings. The first kappa shape index (κ1) is 17.2. The first-order valence-corrected chi connectivity index (χ1v) is 8.69. The number of rotatable bonds is 5. The molecule has 1 amide bonds. The third kappa shape index (κ3) is 4.27. The smallest absolute Gasteiger partial charge is 0.311 e. The van der Waals surface area contributed by atoms with Gasteiger partial charge in [0, 0.05) is 5.69 Å². The van der Waals surface area contributed by atoms with Crippen molar-refractivity contribution in [1.82, 2.24) is 0 Å². The highest BCUT2D eigenvalue weighted by atomic mass is 16.5. The van der Waals surface area contributed by atoms with Gasteiger partial charge in [-0.15, -0.1) is 0 Å². The Morgan fingerprint density at radius 1 is 1.12 bits per heavy atom. The average Bonchev–Trinajstić information content (AvgIpc) is 3.04. The zero-order valence-electron chi connectivity index (χ0n) is 14.7. The lowest BCUT2D eigenvalue weighted by molar-refractivity contribution is -0.152. The van der Waals surface area contributed by atoms with Crippen molar-refractivity contribution in [2.75, 3.05) is 5.32 Å². The number of carbonyl (C=O) groups is 2. The molecular formula is C21H23NO3.